The maximum atomic E-state index is 15.4. The van der Waals surface area contributed by atoms with Crippen molar-refractivity contribution in [3.05, 3.63) is 100 Å². The lowest BCUT2D eigenvalue weighted by atomic mass is 9.82. The monoisotopic (exact) mass is 900 g/mol. The standard InChI is InChI=1S/C46H62F2N12O3S/c1-30(2)64-54-39-12-11-38(47)43(44(39)48)45(63)37-28-53-52-27-35(23-32(37)4)36-25-50-46(51-26-36)60-21-19-59(20-22-60)42(62)29-58-17-13-33(14-18-58)34-10-9-31(3)40(24-34)56(7)57(8)55(6)16-15-41(61)49-5/h11-12,23-28,30,33,53-54H,4,9-10,13-22,29H2,1-3,5-8H3,(H,49,61)/b35-23+,37-28?,52-27-. The molecule has 1 aliphatic carbocycles. The van der Waals surface area contributed by atoms with Gasteiger partial charge >= 0.3 is 0 Å². The number of rotatable bonds is 16. The molecule has 4 heterocycles. The molecule has 2 amide bonds. The largest absolute Gasteiger partial charge is 0.359 e. The van der Waals surface area contributed by atoms with Crippen molar-refractivity contribution in [2.45, 2.75) is 58.1 Å². The lowest BCUT2D eigenvalue weighted by molar-refractivity contribution is -0.133. The Balaban J connectivity index is 0.982. The highest BCUT2D eigenvalue weighted by molar-refractivity contribution is 8.01. The summed E-state index contributed by atoms with van der Waals surface area (Å²) in [5.41, 5.74) is 7.31. The summed E-state index contributed by atoms with van der Waals surface area (Å²) in [4.78, 5) is 54.3. The number of carbonyl (C=O) groups excluding carboxylic acids is 3. The van der Waals surface area contributed by atoms with Crippen molar-refractivity contribution in [1.82, 2.24) is 45.6 Å². The minimum atomic E-state index is -0.988. The molecule has 15 nitrogen and oxygen atoms in total. The highest BCUT2D eigenvalue weighted by Gasteiger charge is 2.30. The molecule has 2 saturated heterocycles. The minimum Gasteiger partial charge on any atom is -0.359 e. The SMILES string of the molecule is C=C1/C=C(c2cnc(N3CCN(C(=O)CN4CCC(C5=CC(N(C)N(C)N(C)CCC(=O)NC)=C(C)CC5)CC4)CC3)nc2)\C=N/NC=C1C(=O)c1c(F)ccc(NSC(C)C)c1F. The number of piperidine rings is 1. The van der Waals surface area contributed by atoms with Crippen LogP contribution in [0, 0.1) is 17.6 Å². The van der Waals surface area contributed by atoms with Crippen LogP contribution in [-0.4, -0.2) is 145 Å². The van der Waals surface area contributed by atoms with Crippen molar-refractivity contribution < 1.29 is 23.2 Å². The van der Waals surface area contributed by atoms with Gasteiger partial charge < -0.3 is 19.8 Å². The molecule has 6 rings (SSSR count). The molecule has 1 aromatic heterocycles. The van der Waals surface area contributed by atoms with Gasteiger partial charge in [-0.3, -0.25) is 29.7 Å². The van der Waals surface area contributed by atoms with Crippen LogP contribution in [0.4, 0.5) is 20.4 Å². The van der Waals surface area contributed by atoms with Gasteiger partial charge in [0.1, 0.15) is 5.82 Å². The Bertz CT molecular complexity index is 2210. The average molecular weight is 901 g/mol. The molecule has 1 aromatic carbocycles. The fourth-order valence-electron chi connectivity index (χ4n) is 8.11. The number of nitrogens with zero attached hydrogens (tertiary/aromatic N) is 9. The number of likely N-dealkylation sites (tertiary alicyclic amines) is 1. The molecule has 0 spiro atoms. The number of carbonyl (C=O) groups is 3. The molecule has 0 bridgehead atoms. The predicted molar refractivity (Wildman–Crippen MR) is 251 cm³/mol. The zero-order valence-corrected chi connectivity index (χ0v) is 38.9. The molecule has 4 aliphatic rings. The lowest BCUT2D eigenvalue weighted by Gasteiger charge is -2.40. The number of piperazine rings is 1. The van der Waals surface area contributed by atoms with Crippen molar-refractivity contribution >= 4 is 53.0 Å². The number of hydrogen-bond donors (Lipinski definition) is 3. The molecule has 2 aromatic rings. The first-order chi connectivity index (χ1) is 30.6. The summed E-state index contributed by atoms with van der Waals surface area (Å²) in [7, 11) is 7.74. The molecule has 2 fully saturated rings. The van der Waals surface area contributed by atoms with E-state index in [-0.39, 0.29) is 33.9 Å². The van der Waals surface area contributed by atoms with E-state index >= 15 is 4.39 Å². The van der Waals surface area contributed by atoms with Gasteiger partial charge in [0.25, 0.3) is 0 Å². The Hall–Kier alpha value is -5.43. The van der Waals surface area contributed by atoms with Crippen molar-refractivity contribution in [2.75, 3.05) is 90.2 Å². The first-order valence-corrected chi connectivity index (χ1v) is 22.7. The summed E-state index contributed by atoms with van der Waals surface area (Å²) >= 11 is 1.25. The van der Waals surface area contributed by atoms with Crippen LogP contribution in [0.5, 0.6) is 0 Å². The summed E-state index contributed by atoms with van der Waals surface area (Å²) in [5.74, 6) is -1.68. The fraction of sp³-hybridized carbons (Fsp3) is 0.478. The van der Waals surface area contributed by atoms with E-state index in [0.717, 1.165) is 44.8 Å². The number of hydrazone groups is 1. The smallest absolute Gasteiger partial charge is 0.236 e. The highest BCUT2D eigenvalue weighted by atomic mass is 32.2. The second-order valence-electron chi connectivity index (χ2n) is 16.8. The number of ketones is 1. The van der Waals surface area contributed by atoms with E-state index in [9.17, 15) is 18.8 Å². The van der Waals surface area contributed by atoms with E-state index < -0.39 is 23.0 Å². The van der Waals surface area contributed by atoms with E-state index in [1.165, 1.54) is 47.3 Å². The Labute approximate surface area is 380 Å². The predicted octanol–water partition coefficient (Wildman–Crippen LogP) is 5.64. The first-order valence-electron chi connectivity index (χ1n) is 21.9. The number of amides is 2. The first kappa shape index (κ1) is 48.0. The van der Waals surface area contributed by atoms with Crippen LogP contribution in [0.1, 0.15) is 68.8 Å². The Morgan fingerprint density at radius 3 is 2.38 bits per heavy atom. The summed E-state index contributed by atoms with van der Waals surface area (Å²) in [6.45, 7) is 15.1. The van der Waals surface area contributed by atoms with Gasteiger partial charge in [-0.2, -0.15) is 10.2 Å². The number of benzene rings is 1. The quantitative estimate of drug-likeness (QED) is 0.109. The molecule has 344 valence electrons. The van der Waals surface area contributed by atoms with Crippen molar-refractivity contribution in [1.29, 1.82) is 0 Å². The number of allylic oxidation sites excluding steroid dienone is 7. The molecule has 0 radical (unpaired) electrons. The second kappa shape index (κ2) is 22.0. The zero-order chi connectivity index (χ0) is 46.1. The van der Waals surface area contributed by atoms with E-state index in [0.29, 0.717) is 68.7 Å². The highest BCUT2D eigenvalue weighted by Crippen LogP contribution is 2.35. The molecule has 0 atom stereocenters. The van der Waals surface area contributed by atoms with Crippen LogP contribution < -0.4 is 20.4 Å². The van der Waals surface area contributed by atoms with Crippen LogP contribution in [-0.2, 0) is 9.59 Å². The van der Waals surface area contributed by atoms with Crippen LogP contribution in [0.3, 0.4) is 0 Å². The summed E-state index contributed by atoms with van der Waals surface area (Å²) in [6, 6.07) is 2.32. The van der Waals surface area contributed by atoms with E-state index in [4.69, 9.17) is 0 Å². The number of hydrazine groups is 2. The van der Waals surface area contributed by atoms with Gasteiger partial charge in [-0.1, -0.05) is 26.0 Å². The third-order valence-corrected chi connectivity index (χ3v) is 13.1. The summed E-state index contributed by atoms with van der Waals surface area (Å²) in [5, 5.41) is 13.2. The molecule has 3 N–H and O–H groups in total. The van der Waals surface area contributed by atoms with Gasteiger partial charge in [0.05, 0.1) is 29.7 Å². The van der Waals surface area contributed by atoms with Crippen molar-refractivity contribution in [3.63, 3.8) is 0 Å². The molecule has 3 aliphatic heterocycles. The van der Waals surface area contributed by atoms with Crippen LogP contribution in [0.15, 0.2) is 82.5 Å². The fourth-order valence-corrected chi connectivity index (χ4v) is 8.63. The second-order valence-corrected chi connectivity index (χ2v) is 18.2. The Morgan fingerprint density at radius 1 is 1.00 bits per heavy atom. The number of aromatic nitrogens is 2. The lowest BCUT2D eigenvalue weighted by Crippen LogP contribution is -2.52. The molecule has 0 unspecified atom stereocenters. The molecule has 18 heteroatoms. The maximum absolute atomic E-state index is 15.4. The van der Waals surface area contributed by atoms with Gasteiger partial charge in [0.15, 0.2) is 5.82 Å². The number of likely N-dealkylation sites (N-methyl/N-ethyl adjacent to an activating group) is 1. The van der Waals surface area contributed by atoms with Gasteiger partial charge in [-0.15, -0.1) is 0 Å². The van der Waals surface area contributed by atoms with Gasteiger partial charge in [0.2, 0.25) is 23.5 Å². The number of nitrogens with one attached hydrogen (secondary N) is 3. The van der Waals surface area contributed by atoms with Gasteiger partial charge in [0, 0.05) is 108 Å². The van der Waals surface area contributed by atoms with Crippen LogP contribution in [0.2, 0.25) is 0 Å². The number of Topliss-reactive ketones (excluding diaryl/α,β-unsaturated/α-hetero) is 1. The molecular weight excluding hydrogens is 839 g/mol. The molecule has 0 saturated carbocycles. The number of anilines is 2. The van der Waals surface area contributed by atoms with E-state index in [1.807, 2.05) is 37.7 Å². The number of hydrogen-bond acceptors (Lipinski definition) is 14. The Kier molecular flexibility index (Phi) is 16.5. The Morgan fingerprint density at radius 2 is 1.70 bits per heavy atom. The summed E-state index contributed by atoms with van der Waals surface area (Å²) in [6.07, 6.45) is 14.6. The molecular formula is C46H62F2N12O3S. The van der Waals surface area contributed by atoms with E-state index in [1.54, 1.807) is 25.5 Å². The van der Waals surface area contributed by atoms with Gasteiger partial charge in [-0.25, -0.2) is 23.8 Å². The van der Waals surface area contributed by atoms with E-state index in [2.05, 4.69) is 77.2 Å². The minimum absolute atomic E-state index is 0.00554. The third-order valence-electron chi connectivity index (χ3n) is 12.3. The van der Waals surface area contributed by atoms with Crippen molar-refractivity contribution in [3.8, 4) is 0 Å². The zero-order valence-electron chi connectivity index (χ0n) is 38.1. The number of halogens is 2. The van der Waals surface area contributed by atoms with Crippen LogP contribution in [0.25, 0.3) is 5.57 Å². The topological polar surface area (TPSA) is 145 Å². The van der Waals surface area contributed by atoms with Crippen molar-refractivity contribution in [2.24, 2.45) is 11.0 Å². The summed E-state index contributed by atoms with van der Waals surface area (Å²) < 4.78 is 33.2. The third kappa shape index (κ3) is 11.8. The van der Waals surface area contributed by atoms with Gasteiger partial charge in [-0.05, 0) is 99.0 Å². The average Bonchev–Trinajstić information content (AvgIpc) is 3.29. The van der Waals surface area contributed by atoms with Crippen LogP contribution >= 0.6 is 11.9 Å². The molecule has 64 heavy (non-hydrogen) atoms. The normalized spacial score (nSPS) is 19.1. The maximum Gasteiger partial charge on any atom is 0.236 e.